The molecule has 0 aliphatic heterocycles. The number of hydrogen-bond acceptors (Lipinski definition) is 3. The van der Waals surface area contributed by atoms with Gasteiger partial charge in [-0.25, -0.2) is 4.98 Å². The maximum Gasteiger partial charge on any atom is 0.132 e. The van der Waals surface area contributed by atoms with Crippen molar-refractivity contribution in [2.24, 2.45) is 0 Å². The van der Waals surface area contributed by atoms with Crippen LogP contribution in [0.25, 0.3) is 0 Å². The molecule has 0 aromatic carbocycles. The Morgan fingerprint density at radius 3 is 3.00 bits per heavy atom. The zero-order valence-corrected chi connectivity index (χ0v) is 7.79. The first kappa shape index (κ1) is 9.71. The maximum absolute atomic E-state index is 11.0. The third-order valence-electron chi connectivity index (χ3n) is 1.99. The first-order valence-electron chi connectivity index (χ1n) is 4.45. The van der Waals surface area contributed by atoms with E-state index in [9.17, 15) is 4.79 Å². The van der Waals surface area contributed by atoms with Gasteiger partial charge in [-0.15, -0.1) is 0 Å². The van der Waals surface area contributed by atoms with Crippen molar-refractivity contribution in [2.75, 3.05) is 5.73 Å². The lowest BCUT2D eigenvalue weighted by atomic mass is 10.1. The van der Waals surface area contributed by atoms with Crippen LogP contribution in [0.4, 0.5) is 5.82 Å². The highest BCUT2D eigenvalue weighted by atomic mass is 16.1. The predicted molar refractivity (Wildman–Crippen MR) is 52.3 cm³/mol. The van der Waals surface area contributed by atoms with E-state index in [0.717, 1.165) is 5.56 Å². The van der Waals surface area contributed by atoms with Crippen LogP contribution < -0.4 is 5.73 Å². The second-order valence-corrected chi connectivity index (χ2v) is 2.94. The molecule has 2 N–H and O–H groups in total. The zero-order valence-electron chi connectivity index (χ0n) is 7.79. The molecule has 0 aliphatic rings. The molecular weight excluding hydrogens is 164 g/mol. The molecule has 0 aliphatic carbocycles. The number of carbonyl (C=O) groups is 1. The maximum atomic E-state index is 11.0. The number of aromatic nitrogens is 1. The van der Waals surface area contributed by atoms with Crippen molar-refractivity contribution in [3.8, 4) is 0 Å². The van der Waals surface area contributed by atoms with Crippen molar-refractivity contribution in [3.63, 3.8) is 0 Å². The predicted octanol–water partition coefficient (Wildman–Crippen LogP) is 1.58. The molecule has 3 nitrogen and oxygen atoms in total. The Morgan fingerprint density at radius 1 is 1.62 bits per heavy atom. The smallest absolute Gasteiger partial charge is 0.132 e. The summed E-state index contributed by atoms with van der Waals surface area (Å²) in [4.78, 5) is 15.0. The van der Waals surface area contributed by atoms with E-state index in [-0.39, 0.29) is 5.78 Å². The monoisotopic (exact) mass is 178 g/mol. The van der Waals surface area contributed by atoms with Crippen LogP contribution in [-0.4, -0.2) is 10.8 Å². The van der Waals surface area contributed by atoms with Gasteiger partial charge in [0.25, 0.3) is 0 Å². The van der Waals surface area contributed by atoms with Crippen LogP contribution in [0.3, 0.4) is 0 Å². The van der Waals surface area contributed by atoms with Crippen molar-refractivity contribution in [1.29, 1.82) is 0 Å². The number of nitrogens with two attached hydrogens (primary N) is 1. The molecule has 1 heterocycles. The summed E-state index contributed by atoms with van der Waals surface area (Å²) >= 11 is 0. The highest BCUT2D eigenvalue weighted by Crippen LogP contribution is 2.09. The Bertz CT molecular complexity index is 297. The zero-order chi connectivity index (χ0) is 9.68. The average Bonchev–Trinajstić information content (AvgIpc) is 2.16. The van der Waals surface area contributed by atoms with E-state index in [1.165, 1.54) is 0 Å². The molecule has 0 unspecified atom stereocenters. The Kier molecular flexibility index (Phi) is 3.43. The van der Waals surface area contributed by atoms with Crippen LogP contribution in [0, 0.1) is 0 Å². The van der Waals surface area contributed by atoms with Crippen LogP contribution in [0.15, 0.2) is 18.3 Å². The van der Waals surface area contributed by atoms with E-state index in [1.807, 2.05) is 19.1 Å². The fraction of sp³-hybridized carbons (Fsp3) is 0.400. The molecule has 0 saturated carbocycles. The van der Waals surface area contributed by atoms with Gasteiger partial charge in [0, 0.05) is 19.0 Å². The number of hydrogen-bond donors (Lipinski definition) is 1. The fourth-order valence-electron chi connectivity index (χ4n) is 1.11. The van der Waals surface area contributed by atoms with Gasteiger partial charge in [0.2, 0.25) is 0 Å². The minimum atomic E-state index is 0.267. The van der Waals surface area contributed by atoms with Crippen LogP contribution in [0.1, 0.15) is 25.3 Å². The van der Waals surface area contributed by atoms with Gasteiger partial charge in [-0.2, -0.15) is 0 Å². The number of pyridine rings is 1. The van der Waals surface area contributed by atoms with Gasteiger partial charge in [-0.3, -0.25) is 4.79 Å². The number of nitrogens with zero attached hydrogens (tertiary/aromatic N) is 1. The van der Waals surface area contributed by atoms with Crippen molar-refractivity contribution < 1.29 is 4.79 Å². The van der Waals surface area contributed by atoms with Gasteiger partial charge >= 0.3 is 0 Å². The highest BCUT2D eigenvalue weighted by molar-refractivity contribution is 5.78. The summed E-state index contributed by atoms with van der Waals surface area (Å²) in [6.45, 7) is 1.87. The molecule has 13 heavy (non-hydrogen) atoms. The lowest BCUT2D eigenvalue weighted by molar-refractivity contribution is -0.118. The SMILES string of the molecule is CCC(=O)CCc1cccnc1N. The molecule has 1 aromatic heterocycles. The van der Waals surface area contributed by atoms with Gasteiger partial charge < -0.3 is 5.73 Å². The first-order chi connectivity index (χ1) is 6.24. The van der Waals surface area contributed by atoms with E-state index in [4.69, 9.17) is 5.73 Å². The van der Waals surface area contributed by atoms with Gasteiger partial charge in [-0.05, 0) is 18.1 Å². The summed E-state index contributed by atoms with van der Waals surface area (Å²) < 4.78 is 0. The molecule has 70 valence electrons. The first-order valence-corrected chi connectivity index (χ1v) is 4.45. The summed E-state index contributed by atoms with van der Waals surface area (Å²) in [6.07, 6.45) is 3.51. The van der Waals surface area contributed by atoms with E-state index >= 15 is 0 Å². The van der Waals surface area contributed by atoms with Crippen molar-refractivity contribution in [2.45, 2.75) is 26.2 Å². The lowest BCUT2D eigenvalue weighted by Crippen LogP contribution is -2.01. The molecule has 1 aromatic rings. The summed E-state index contributed by atoms with van der Waals surface area (Å²) in [5, 5.41) is 0. The number of rotatable bonds is 4. The average molecular weight is 178 g/mol. The van der Waals surface area contributed by atoms with Gasteiger partial charge in [0.05, 0.1) is 0 Å². The molecule has 0 saturated heterocycles. The largest absolute Gasteiger partial charge is 0.383 e. The van der Waals surface area contributed by atoms with E-state index in [2.05, 4.69) is 4.98 Å². The van der Waals surface area contributed by atoms with Crippen molar-refractivity contribution in [3.05, 3.63) is 23.9 Å². The minimum Gasteiger partial charge on any atom is -0.383 e. The van der Waals surface area contributed by atoms with Crippen LogP contribution in [-0.2, 0) is 11.2 Å². The topological polar surface area (TPSA) is 56.0 Å². The standard InChI is InChI=1S/C10H14N2O/c1-2-9(13)6-5-8-4-3-7-12-10(8)11/h3-4,7H,2,5-6H2,1H3,(H2,11,12). The number of nitrogen functional groups attached to an aromatic ring is 1. The van der Waals surface area contributed by atoms with Crippen molar-refractivity contribution >= 4 is 11.6 Å². The third-order valence-corrected chi connectivity index (χ3v) is 1.99. The number of anilines is 1. The molecule has 1 rings (SSSR count). The molecular formula is C10H14N2O. The van der Waals surface area contributed by atoms with E-state index in [0.29, 0.717) is 25.1 Å². The Morgan fingerprint density at radius 2 is 2.38 bits per heavy atom. The summed E-state index contributed by atoms with van der Waals surface area (Å²) in [7, 11) is 0. The second-order valence-electron chi connectivity index (χ2n) is 2.94. The van der Waals surface area contributed by atoms with Gasteiger partial charge in [-0.1, -0.05) is 13.0 Å². The third kappa shape index (κ3) is 2.86. The van der Waals surface area contributed by atoms with E-state index < -0.39 is 0 Å². The number of aryl methyl sites for hydroxylation is 1. The quantitative estimate of drug-likeness (QED) is 0.761. The molecule has 0 fully saturated rings. The number of ketones is 1. The molecule has 0 spiro atoms. The summed E-state index contributed by atoms with van der Waals surface area (Å²) in [6, 6.07) is 3.74. The molecule has 3 heteroatoms. The van der Waals surface area contributed by atoms with Crippen molar-refractivity contribution in [1.82, 2.24) is 4.98 Å². The van der Waals surface area contributed by atoms with Gasteiger partial charge in [0.15, 0.2) is 0 Å². The Hall–Kier alpha value is -1.38. The Labute approximate surface area is 78.0 Å². The summed E-state index contributed by atoms with van der Waals surface area (Å²) in [5.74, 6) is 0.801. The molecule has 0 bridgehead atoms. The van der Waals surface area contributed by atoms with E-state index in [1.54, 1.807) is 6.20 Å². The molecule has 0 radical (unpaired) electrons. The molecule has 0 atom stereocenters. The van der Waals surface area contributed by atoms with Gasteiger partial charge in [0.1, 0.15) is 11.6 Å². The van der Waals surface area contributed by atoms with Crippen LogP contribution >= 0.6 is 0 Å². The highest BCUT2D eigenvalue weighted by Gasteiger charge is 2.02. The van der Waals surface area contributed by atoms with Crippen LogP contribution in [0.5, 0.6) is 0 Å². The number of Topliss-reactive ketones (excluding diaryl/α,β-unsaturated/α-hetero) is 1. The second kappa shape index (κ2) is 4.60. The normalized spacial score (nSPS) is 9.92. The minimum absolute atomic E-state index is 0.267. The Balaban J connectivity index is 2.54. The van der Waals surface area contributed by atoms with Crippen LogP contribution in [0.2, 0.25) is 0 Å². The molecule has 0 amide bonds. The lowest BCUT2D eigenvalue weighted by Gasteiger charge is -2.02. The summed E-state index contributed by atoms with van der Waals surface area (Å²) in [5.41, 5.74) is 6.59. The number of carbonyl (C=O) groups excluding carboxylic acids is 1. The fourth-order valence-corrected chi connectivity index (χ4v) is 1.11.